The second-order valence-electron chi connectivity index (χ2n) is 7.41. The number of ether oxygens (including phenoxy) is 1. The Morgan fingerprint density at radius 2 is 1.79 bits per heavy atom. The maximum absolute atomic E-state index is 13.7. The fourth-order valence-corrected chi connectivity index (χ4v) is 2.78. The van der Waals surface area contributed by atoms with Gasteiger partial charge in [-0.2, -0.15) is 13.2 Å². The first kappa shape index (κ1) is 28.1. The van der Waals surface area contributed by atoms with E-state index in [-0.39, 0.29) is 16.6 Å². The summed E-state index contributed by atoms with van der Waals surface area (Å²) in [4.78, 5) is 20.7. The summed E-state index contributed by atoms with van der Waals surface area (Å²) in [5.41, 5.74) is 0.365. The van der Waals surface area contributed by atoms with E-state index in [1.165, 1.54) is 44.4 Å². The second kappa shape index (κ2) is 13.6. The molecular formula is C26H33F3N2O2. The van der Waals surface area contributed by atoms with Crippen LogP contribution in [-0.4, -0.2) is 24.3 Å². The van der Waals surface area contributed by atoms with Crippen LogP contribution in [0.4, 0.5) is 13.2 Å². The van der Waals surface area contributed by atoms with Gasteiger partial charge in [-0.15, -0.1) is 0 Å². The normalized spacial score (nSPS) is 12.3. The monoisotopic (exact) mass is 462 g/mol. The SMILES string of the molecule is CC=N/C=C(\C)c1cc(C(=O)OC)c2cc(/C=C/CCC)c(C(F)(F)F)cc2n1.CCCC. The van der Waals surface area contributed by atoms with E-state index < -0.39 is 17.7 Å². The summed E-state index contributed by atoms with van der Waals surface area (Å²) in [6.45, 7) is 9.75. The van der Waals surface area contributed by atoms with E-state index in [1.54, 1.807) is 26.1 Å². The molecule has 0 aliphatic heterocycles. The Kier molecular flexibility index (Phi) is 11.5. The molecule has 0 unspecified atom stereocenters. The highest BCUT2D eigenvalue weighted by atomic mass is 19.4. The predicted octanol–water partition coefficient (Wildman–Crippen LogP) is 8.11. The van der Waals surface area contributed by atoms with Crippen LogP contribution in [0.2, 0.25) is 0 Å². The van der Waals surface area contributed by atoms with Crippen molar-refractivity contribution >= 4 is 34.7 Å². The van der Waals surface area contributed by atoms with Crippen molar-refractivity contribution in [2.75, 3.05) is 7.11 Å². The van der Waals surface area contributed by atoms with Crippen LogP contribution in [0, 0.1) is 0 Å². The number of methoxy groups -OCH3 is 1. The number of rotatable bonds is 7. The minimum atomic E-state index is -4.55. The highest BCUT2D eigenvalue weighted by Crippen LogP contribution is 2.36. The molecule has 0 radical (unpaired) electrons. The number of aliphatic imine (C=N–C) groups is 1. The maximum Gasteiger partial charge on any atom is 0.417 e. The first-order valence-corrected chi connectivity index (χ1v) is 11.1. The lowest BCUT2D eigenvalue weighted by Gasteiger charge is -2.14. The quantitative estimate of drug-likeness (QED) is 0.308. The number of carbonyl (C=O) groups is 1. The molecule has 7 heteroatoms. The number of hydrogen-bond acceptors (Lipinski definition) is 4. The molecule has 0 fully saturated rings. The molecule has 1 heterocycles. The van der Waals surface area contributed by atoms with Gasteiger partial charge in [0.15, 0.2) is 0 Å². The molecular weight excluding hydrogens is 429 g/mol. The first-order valence-electron chi connectivity index (χ1n) is 11.1. The average molecular weight is 463 g/mol. The average Bonchev–Trinajstić information content (AvgIpc) is 2.80. The van der Waals surface area contributed by atoms with Gasteiger partial charge in [0, 0.05) is 17.8 Å². The first-order chi connectivity index (χ1) is 15.6. The van der Waals surface area contributed by atoms with E-state index in [4.69, 9.17) is 4.74 Å². The summed E-state index contributed by atoms with van der Waals surface area (Å²) in [5.74, 6) is -0.645. The molecule has 0 N–H and O–H groups in total. The van der Waals surface area contributed by atoms with Gasteiger partial charge < -0.3 is 4.74 Å². The third-order valence-corrected chi connectivity index (χ3v) is 4.76. The van der Waals surface area contributed by atoms with Gasteiger partial charge in [-0.05, 0) is 49.6 Å². The number of halogens is 3. The summed E-state index contributed by atoms with van der Waals surface area (Å²) >= 11 is 0. The number of hydrogen-bond donors (Lipinski definition) is 0. The summed E-state index contributed by atoms with van der Waals surface area (Å²) < 4.78 is 45.8. The second-order valence-corrected chi connectivity index (χ2v) is 7.41. The van der Waals surface area contributed by atoms with E-state index in [0.717, 1.165) is 12.5 Å². The van der Waals surface area contributed by atoms with Crippen LogP contribution in [0.5, 0.6) is 0 Å². The number of aromatic nitrogens is 1. The van der Waals surface area contributed by atoms with Crippen LogP contribution in [0.25, 0.3) is 22.6 Å². The van der Waals surface area contributed by atoms with Gasteiger partial charge >= 0.3 is 12.1 Å². The molecule has 1 aromatic carbocycles. The fourth-order valence-electron chi connectivity index (χ4n) is 2.78. The maximum atomic E-state index is 13.7. The van der Waals surface area contributed by atoms with E-state index >= 15 is 0 Å². The number of fused-ring (bicyclic) bond motifs is 1. The highest BCUT2D eigenvalue weighted by Gasteiger charge is 2.33. The summed E-state index contributed by atoms with van der Waals surface area (Å²) in [5, 5.41) is 0.302. The summed E-state index contributed by atoms with van der Waals surface area (Å²) in [6.07, 6.45) is 5.77. The van der Waals surface area contributed by atoms with Gasteiger partial charge in [0.2, 0.25) is 0 Å². The lowest BCUT2D eigenvalue weighted by molar-refractivity contribution is -0.137. The molecule has 0 saturated heterocycles. The van der Waals surface area contributed by atoms with Gasteiger partial charge in [-0.1, -0.05) is 52.2 Å². The van der Waals surface area contributed by atoms with Crippen LogP contribution in [-0.2, 0) is 10.9 Å². The smallest absolute Gasteiger partial charge is 0.417 e. The predicted molar refractivity (Wildman–Crippen MR) is 130 cm³/mol. The Bertz CT molecular complexity index is 1020. The van der Waals surface area contributed by atoms with Crippen LogP contribution in [0.1, 0.15) is 87.5 Å². The molecule has 33 heavy (non-hydrogen) atoms. The van der Waals surface area contributed by atoms with Crippen molar-refractivity contribution in [1.29, 1.82) is 0 Å². The number of benzene rings is 1. The van der Waals surface area contributed by atoms with Crippen molar-refractivity contribution in [1.82, 2.24) is 4.98 Å². The van der Waals surface area contributed by atoms with Gasteiger partial charge in [0.25, 0.3) is 0 Å². The molecule has 0 saturated carbocycles. The zero-order chi connectivity index (χ0) is 25.0. The molecule has 0 amide bonds. The Labute approximate surface area is 194 Å². The lowest BCUT2D eigenvalue weighted by Crippen LogP contribution is -2.10. The fraction of sp³-hybridized carbons (Fsp3) is 0.423. The van der Waals surface area contributed by atoms with Crippen molar-refractivity contribution in [2.45, 2.75) is 66.5 Å². The highest BCUT2D eigenvalue weighted by molar-refractivity contribution is 6.05. The number of pyridine rings is 1. The molecule has 2 rings (SSSR count). The lowest BCUT2D eigenvalue weighted by atomic mass is 9.98. The largest absolute Gasteiger partial charge is 0.465 e. The number of nitrogens with zero attached hydrogens (tertiary/aromatic N) is 2. The van der Waals surface area contributed by atoms with E-state index in [9.17, 15) is 18.0 Å². The van der Waals surface area contributed by atoms with Crippen LogP contribution in [0.3, 0.4) is 0 Å². The Balaban J connectivity index is 0.00000125. The molecule has 4 nitrogen and oxygen atoms in total. The van der Waals surface area contributed by atoms with Gasteiger partial charge in [-0.3, -0.25) is 4.99 Å². The van der Waals surface area contributed by atoms with E-state index in [0.29, 0.717) is 23.1 Å². The number of alkyl halides is 3. The van der Waals surface area contributed by atoms with Crippen molar-refractivity contribution in [3.63, 3.8) is 0 Å². The molecule has 0 bridgehead atoms. The van der Waals surface area contributed by atoms with Gasteiger partial charge in [0.05, 0.1) is 29.4 Å². The summed E-state index contributed by atoms with van der Waals surface area (Å²) in [6, 6.07) is 3.84. The Morgan fingerprint density at radius 3 is 2.30 bits per heavy atom. The van der Waals surface area contributed by atoms with E-state index in [1.807, 2.05) is 6.92 Å². The van der Waals surface area contributed by atoms with Gasteiger partial charge in [0.1, 0.15) is 0 Å². The van der Waals surface area contributed by atoms with Crippen LogP contribution < -0.4 is 0 Å². The number of esters is 1. The third-order valence-electron chi connectivity index (χ3n) is 4.76. The summed E-state index contributed by atoms with van der Waals surface area (Å²) in [7, 11) is 1.23. The van der Waals surface area contributed by atoms with Gasteiger partial charge in [-0.25, -0.2) is 9.78 Å². The van der Waals surface area contributed by atoms with Crippen molar-refractivity contribution < 1.29 is 22.7 Å². The Hall–Kier alpha value is -2.96. The molecule has 180 valence electrons. The van der Waals surface area contributed by atoms with Crippen LogP contribution >= 0.6 is 0 Å². The minimum Gasteiger partial charge on any atom is -0.465 e. The number of unbranched alkanes of at least 4 members (excludes halogenated alkanes) is 2. The van der Waals surface area contributed by atoms with Crippen molar-refractivity contribution in [2.24, 2.45) is 4.99 Å². The Morgan fingerprint density at radius 1 is 1.12 bits per heavy atom. The van der Waals surface area contributed by atoms with Crippen LogP contribution in [0.15, 0.2) is 35.5 Å². The molecule has 1 aromatic heterocycles. The molecule has 0 aliphatic carbocycles. The number of allylic oxidation sites excluding steroid dienone is 2. The minimum absolute atomic E-state index is 0.0130. The van der Waals surface area contributed by atoms with Crippen molar-refractivity contribution in [3.8, 4) is 0 Å². The number of carbonyl (C=O) groups excluding carboxylic acids is 1. The molecule has 0 spiro atoms. The zero-order valence-corrected chi connectivity index (χ0v) is 20.2. The van der Waals surface area contributed by atoms with E-state index in [2.05, 4.69) is 23.8 Å². The third kappa shape index (κ3) is 8.15. The van der Waals surface area contributed by atoms with Crippen molar-refractivity contribution in [3.05, 3.63) is 52.9 Å². The standard InChI is InChI=1S/C22H23F3N2O2.C4H10/c1-5-7-8-9-15-10-16-17(21(28)29-4)11-19(14(3)13-26-6-2)27-20(16)12-18(15)22(23,24)25;1-3-4-2/h6,8-13H,5,7H2,1-4H3;3-4H2,1-2H3/b9-8+,14-13+,26-6?;. The molecule has 2 aromatic rings. The molecule has 0 aliphatic rings. The zero-order valence-electron chi connectivity index (χ0n) is 20.2. The molecule has 0 atom stereocenters. The topological polar surface area (TPSA) is 51.5 Å².